The Bertz CT molecular complexity index is 662. The molecule has 1 N–H and O–H groups in total. The van der Waals surface area contributed by atoms with Crippen molar-refractivity contribution in [1.29, 1.82) is 0 Å². The van der Waals surface area contributed by atoms with E-state index < -0.39 is 6.10 Å². The van der Waals surface area contributed by atoms with Gasteiger partial charge in [-0.3, -0.25) is 0 Å². The molecule has 0 amide bonds. The predicted molar refractivity (Wildman–Crippen MR) is 90.8 cm³/mol. The lowest BCUT2D eigenvalue weighted by Gasteiger charge is -2.16. The fourth-order valence-electron chi connectivity index (χ4n) is 1.88. The minimum absolute atomic E-state index is 0.384. The molecular weight excluding hydrogens is 398 g/mol. The van der Waals surface area contributed by atoms with Crippen molar-refractivity contribution in [2.24, 2.45) is 0 Å². The molecular formula is C15H12BrCl3O2. The Morgan fingerprint density at radius 1 is 1.10 bits per heavy atom. The van der Waals surface area contributed by atoms with E-state index in [0.29, 0.717) is 38.6 Å². The van der Waals surface area contributed by atoms with Gasteiger partial charge in [0.05, 0.1) is 21.7 Å². The van der Waals surface area contributed by atoms with Crippen LogP contribution in [0.5, 0.6) is 5.75 Å². The van der Waals surface area contributed by atoms with Crippen LogP contribution in [0.15, 0.2) is 34.8 Å². The van der Waals surface area contributed by atoms with Crippen LogP contribution < -0.4 is 4.74 Å². The number of aliphatic hydroxyl groups excluding tert-OH is 1. The summed E-state index contributed by atoms with van der Waals surface area (Å²) in [7, 11) is 0. The summed E-state index contributed by atoms with van der Waals surface area (Å²) in [6, 6.07) is 8.42. The summed E-state index contributed by atoms with van der Waals surface area (Å²) in [5.74, 6) is 0.494. The lowest BCUT2D eigenvalue weighted by Crippen LogP contribution is -2.02. The standard InChI is InChI=1S/C15H12BrCl3O2/c1-2-21-14-7-11(17)9(6-13(14)19)15(20)8-3-4-10(16)12(18)5-8/h3-7,15,20H,2H2,1H3. The van der Waals surface area contributed by atoms with Crippen molar-refractivity contribution in [2.75, 3.05) is 6.61 Å². The highest BCUT2D eigenvalue weighted by atomic mass is 79.9. The molecule has 1 unspecified atom stereocenters. The Labute approximate surface area is 146 Å². The van der Waals surface area contributed by atoms with E-state index in [-0.39, 0.29) is 0 Å². The van der Waals surface area contributed by atoms with Crippen molar-refractivity contribution in [3.63, 3.8) is 0 Å². The van der Waals surface area contributed by atoms with Gasteiger partial charge in [0.2, 0.25) is 0 Å². The Kier molecular flexibility index (Phi) is 5.81. The van der Waals surface area contributed by atoms with E-state index in [1.54, 1.807) is 30.3 Å². The Hall–Kier alpha value is -0.450. The molecule has 0 aliphatic carbocycles. The lowest BCUT2D eigenvalue weighted by atomic mass is 10.0. The zero-order valence-electron chi connectivity index (χ0n) is 11.0. The largest absolute Gasteiger partial charge is 0.492 e. The molecule has 2 aromatic carbocycles. The molecule has 1 atom stereocenters. The third-order valence-corrected chi connectivity index (χ3v) is 4.76. The molecule has 0 aliphatic rings. The van der Waals surface area contributed by atoms with Crippen LogP contribution in [0.1, 0.15) is 24.2 Å². The van der Waals surface area contributed by atoms with Gasteiger partial charge in [0.25, 0.3) is 0 Å². The summed E-state index contributed by atoms with van der Waals surface area (Å²) in [5.41, 5.74) is 1.13. The second kappa shape index (κ2) is 7.21. The number of aliphatic hydroxyl groups is 1. The lowest BCUT2D eigenvalue weighted by molar-refractivity contribution is 0.220. The van der Waals surface area contributed by atoms with Crippen LogP contribution in [0.4, 0.5) is 0 Å². The Balaban J connectivity index is 2.40. The SMILES string of the molecule is CCOc1cc(Cl)c(C(O)c2ccc(Br)c(Cl)c2)cc1Cl. The van der Waals surface area contributed by atoms with Gasteiger partial charge in [-0.15, -0.1) is 0 Å². The molecule has 112 valence electrons. The van der Waals surface area contributed by atoms with Crippen LogP contribution in [0.3, 0.4) is 0 Å². The molecule has 0 heterocycles. The summed E-state index contributed by atoms with van der Waals surface area (Å²) >= 11 is 21.7. The number of rotatable bonds is 4. The molecule has 0 bridgehead atoms. The van der Waals surface area contributed by atoms with E-state index in [1.165, 1.54) is 0 Å². The van der Waals surface area contributed by atoms with Crippen LogP contribution in [0.25, 0.3) is 0 Å². The monoisotopic (exact) mass is 408 g/mol. The van der Waals surface area contributed by atoms with E-state index in [1.807, 2.05) is 6.92 Å². The number of hydrogen-bond donors (Lipinski definition) is 1. The first kappa shape index (κ1) is 16.9. The minimum atomic E-state index is -0.920. The molecule has 0 fully saturated rings. The molecule has 0 saturated heterocycles. The Morgan fingerprint density at radius 2 is 1.81 bits per heavy atom. The number of halogens is 4. The summed E-state index contributed by atoms with van der Waals surface area (Å²) in [4.78, 5) is 0. The van der Waals surface area contributed by atoms with Crippen LogP contribution in [0.2, 0.25) is 15.1 Å². The molecule has 0 saturated carbocycles. The van der Waals surface area contributed by atoms with Crippen molar-refractivity contribution in [3.8, 4) is 5.75 Å². The van der Waals surface area contributed by atoms with E-state index >= 15 is 0 Å². The molecule has 21 heavy (non-hydrogen) atoms. The summed E-state index contributed by atoms with van der Waals surface area (Å²) in [6.45, 7) is 2.34. The highest BCUT2D eigenvalue weighted by molar-refractivity contribution is 9.10. The van der Waals surface area contributed by atoms with E-state index in [9.17, 15) is 5.11 Å². The second-order valence-electron chi connectivity index (χ2n) is 4.31. The van der Waals surface area contributed by atoms with Crippen molar-refractivity contribution in [1.82, 2.24) is 0 Å². The average Bonchev–Trinajstić information content (AvgIpc) is 2.45. The van der Waals surface area contributed by atoms with Gasteiger partial charge in [-0.1, -0.05) is 40.9 Å². The third kappa shape index (κ3) is 3.85. The third-order valence-electron chi connectivity index (χ3n) is 2.91. The summed E-state index contributed by atoms with van der Waals surface area (Å²) in [5, 5.41) is 11.8. The molecule has 2 aromatic rings. The normalized spacial score (nSPS) is 12.3. The maximum absolute atomic E-state index is 10.5. The van der Waals surface area contributed by atoms with Gasteiger partial charge in [-0.05, 0) is 46.6 Å². The summed E-state index contributed by atoms with van der Waals surface area (Å²) in [6.07, 6.45) is -0.920. The number of hydrogen-bond acceptors (Lipinski definition) is 2. The number of benzene rings is 2. The van der Waals surface area contributed by atoms with Crippen molar-refractivity contribution in [3.05, 3.63) is 61.0 Å². The van der Waals surface area contributed by atoms with E-state index in [2.05, 4.69) is 15.9 Å². The minimum Gasteiger partial charge on any atom is -0.492 e. The Morgan fingerprint density at radius 3 is 2.43 bits per heavy atom. The highest BCUT2D eigenvalue weighted by Crippen LogP contribution is 2.37. The molecule has 0 spiro atoms. The first-order chi connectivity index (χ1) is 9.93. The molecule has 0 aromatic heterocycles. The molecule has 0 aliphatic heterocycles. The van der Waals surface area contributed by atoms with Gasteiger partial charge < -0.3 is 9.84 Å². The quantitative estimate of drug-likeness (QED) is 0.681. The van der Waals surface area contributed by atoms with Crippen LogP contribution in [-0.4, -0.2) is 11.7 Å². The van der Waals surface area contributed by atoms with Crippen LogP contribution in [-0.2, 0) is 0 Å². The van der Waals surface area contributed by atoms with Gasteiger partial charge in [-0.2, -0.15) is 0 Å². The van der Waals surface area contributed by atoms with Crippen LogP contribution >= 0.6 is 50.7 Å². The van der Waals surface area contributed by atoms with Crippen molar-refractivity contribution < 1.29 is 9.84 Å². The zero-order valence-corrected chi connectivity index (χ0v) is 14.9. The molecule has 2 nitrogen and oxygen atoms in total. The maximum atomic E-state index is 10.5. The molecule has 0 radical (unpaired) electrons. The smallest absolute Gasteiger partial charge is 0.139 e. The number of ether oxygens (including phenoxy) is 1. The average molecular weight is 411 g/mol. The predicted octanol–water partition coefficient (Wildman–Crippen LogP) is 5.89. The van der Waals surface area contributed by atoms with Gasteiger partial charge in [0.15, 0.2) is 0 Å². The van der Waals surface area contributed by atoms with Gasteiger partial charge in [-0.25, -0.2) is 0 Å². The fraction of sp³-hybridized carbons (Fsp3) is 0.200. The zero-order chi connectivity index (χ0) is 15.6. The fourth-order valence-corrected chi connectivity index (χ4v) is 2.80. The topological polar surface area (TPSA) is 29.5 Å². The molecule has 2 rings (SSSR count). The molecule has 6 heteroatoms. The van der Waals surface area contributed by atoms with Crippen LogP contribution in [0, 0.1) is 0 Å². The van der Waals surface area contributed by atoms with Gasteiger partial charge in [0, 0.05) is 16.1 Å². The second-order valence-corrected chi connectivity index (χ2v) is 6.39. The van der Waals surface area contributed by atoms with Crippen molar-refractivity contribution in [2.45, 2.75) is 13.0 Å². The van der Waals surface area contributed by atoms with E-state index in [4.69, 9.17) is 39.5 Å². The highest BCUT2D eigenvalue weighted by Gasteiger charge is 2.18. The van der Waals surface area contributed by atoms with Gasteiger partial charge in [0.1, 0.15) is 11.9 Å². The van der Waals surface area contributed by atoms with Crippen molar-refractivity contribution >= 4 is 50.7 Å². The maximum Gasteiger partial charge on any atom is 0.139 e. The van der Waals surface area contributed by atoms with Gasteiger partial charge >= 0.3 is 0 Å². The first-order valence-electron chi connectivity index (χ1n) is 6.18. The first-order valence-corrected chi connectivity index (χ1v) is 8.11. The summed E-state index contributed by atoms with van der Waals surface area (Å²) < 4.78 is 6.13. The van der Waals surface area contributed by atoms with E-state index in [0.717, 1.165) is 4.47 Å².